The van der Waals surface area contributed by atoms with Crippen LogP contribution in [0.15, 0.2) is 46.4 Å². The molecule has 1 aliphatic heterocycles. The summed E-state index contributed by atoms with van der Waals surface area (Å²) in [6, 6.07) is 5.93. The Morgan fingerprint density at radius 2 is 1.98 bits per heavy atom. The fraction of sp³-hybridized carbons (Fsp3) is 0.346. The van der Waals surface area contributed by atoms with E-state index in [1.54, 1.807) is 12.1 Å². The molecule has 0 spiro atoms. The predicted octanol–water partition coefficient (Wildman–Crippen LogP) is 5.55. The molecule has 1 fully saturated rings. The molecule has 40 heavy (non-hydrogen) atoms. The van der Waals surface area contributed by atoms with Gasteiger partial charge in [0.05, 0.1) is 46.9 Å². The highest BCUT2D eigenvalue weighted by Crippen LogP contribution is 2.35. The Labute approximate surface area is 239 Å². The molecular weight excluding hydrogens is 574 g/mol. The number of hydrogen-bond donors (Lipinski definition) is 2. The summed E-state index contributed by atoms with van der Waals surface area (Å²) in [5.74, 6) is -1.03. The van der Waals surface area contributed by atoms with Gasteiger partial charge in [-0.2, -0.15) is 8.78 Å². The number of morpholine rings is 1. The number of ether oxygens (including phenoxy) is 3. The van der Waals surface area contributed by atoms with Gasteiger partial charge in [-0.05, 0) is 30.5 Å². The smallest absolute Gasteiger partial charge is 0.345 e. The van der Waals surface area contributed by atoms with E-state index in [0.717, 1.165) is 13.1 Å². The first kappa shape index (κ1) is 31.4. The lowest BCUT2D eigenvalue weighted by atomic mass is 10.1. The molecule has 0 saturated carbocycles. The summed E-state index contributed by atoms with van der Waals surface area (Å²) >= 11 is 11.8. The molecule has 216 valence electrons. The summed E-state index contributed by atoms with van der Waals surface area (Å²) in [5, 5.41) is 5.50. The molecule has 2 aromatic rings. The second-order valence-electron chi connectivity index (χ2n) is 8.27. The Bertz CT molecular complexity index is 1230. The highest BCUT2D eigenvalue weighted by Gasteiger charge is 2.16. The highest BCUT2D eigenvalue weighted by atomic mass is 35.5. The van der Waals surface area contributed by atoms with Crippen LogP contribution in [0, 0.1) is 5.82 Å². The van der Waals surface area contributed by atoms with E-state index in [1.165, 1.54) is 30.6 Å². The Kier molecular flexibility index (Phi) is 12.7. The Balaban J connectivity index is 1.84. The maximum absolute atomic E-state index is 14.6. The third-order valence-corrected chi connectivity index (χ3v) is 6.32. The summed E-state index contributed by atoms with van der Waals surface area (Å²) < 4.78 is 54.5. The number of hydrogen-bond acceptors (Lipinski definition) is 7. The van der Waals surface area contributed by atoms with E-state index in [-0.39, 0.29) is 40.3 Å². The maximum atomic E-state index is 14.6. The summed E-state index contributed by atoms with van der Waals surface area (Å²) in [6.45, 7) is 3.20. The van der Waals surface area contributed by atoms with Gasteiger partial charge in [0.15, 0.2) is 5.82 Å². The largest absolute Gasteiger partial charge is 0.489 e. The van der Waals surface area contributed by atoms with Crippen molar-refractivity contribution in [1.29, 1.82) is 0 Å². The van der Waals surface area contributed by atoms with Crippen molar-refractivity contribution in [2.45, 2.75) is 13.2 Å². The molecular formula is C26H28Cl2F3N5O4. The molecule has 1 amide bonds. The number of carbonyl (C=O) groups is 1. The molecule has 0 unspecified atom stereocenters. The number of halogens is 5. The SMILES string of the molecule is C=NC=Nc1cc(OCCOC(F)F)c(NC(=O)/C=C/CN2CCOCC2)cc1CNc1ccc(Cl)c(Cl)c1F. The zero-order valence-corrected chi connectivity index (χ0v) is 22.9. The summed E-state index contributed by atoms with van der Waals surface area (Å²) in [6.07, 6.45) is 4.30. The summed E-state index contributed by atoms with van der Waals surface area (Å²) in [5.41, 5.74) is 1.17. The summed E-state index contributed by atoms with van der Waals surface area (Å²) in [4.78, 5) is 22.7. The van der Waals surface area contributed by atoms with E-state index >= 15 is 0 Å². The quantitative estimate of drug-likeness (QED) is 0.0969. The first-order valence-electron chi connectivity index (χ1n) is 12.1. The van der Waals surface area contributed by atoms with Gasteiger partial charge in [0, 0.05) is 38.3 Å². The second-order valence-corrected chi connectivity index (χ2v) is 9.05. The third kappa shape index (κ3) is 9.79. The van der Waals surface area contributed by atoms with Crippen molar-refractivity contribution in [3.63, 3.8) is 0 Å². The molecule has 2 N–H and O–H groups in total. The van der Waals surface area contributed by atoms with Gasteiger partial charge in [-0.1, -0.05) is 29.3 Å². The Morgan fingerprint density at radius 1 is 1.20 bits per heavy atom. The second kappa shape index (κ2) is 16.2. The van der Waals surface area contributed by atoms with Crippen LogP contribution in [0.25, 0.3) is 0 Å². The number of benzene rings is 2. The van der Waals surface area contributed by atoms with Crippen molar-refractivity contribution in [2.75, 3.05) is 56.7 Å². The van der Waals surface area contributed by atoms with Gasteiger partial charge in [-0.25, -0.2) is 9.38 Å². The first-order chi connectivity index (χ1) is 19.3. The molecule has 0 atom stereocenters. The number of rotatable bonds is 14. The molecule has 0 aliphatic carbocycles. The number of anilines is 2. The molecule has 0 aromatic heterocycles. The van der Waals surface area contributed by atoms with Crippen LogP contribution in [0.4, 0.5) is 30.2 Å². The van der Waals surface area contributed by atoms with Crippen LogP contribution in [-0.2, 0) is 20.8 Å². The van der Waals surface area contributed by atoms with E-state index in [4.69, 9.17) is 32.7 Å². The van der Waals surface area contributed by atoms with Gasteiger partial charge in [-0.3, -0.25) is 14.7 Å². The van der Waals surface area contributed by atoms with Crippen LogP contribution in [-0.4, -0.2) is 76.5 Å². The van der Waals surface area contributed by atoms with Gasteiger partial charge < -0.3 is 24.8 Å². The van der Waals surface area contributed by atoms with Crippen LogP contribution < -0.4 is 15.4 Å². The van der Waals surface area contributed by atoms with Crippen LogP contribution in [0.1, 0.15) is 5.56 Å². The lowest BCUT2D eigenvalue weighted by molar-refractivity contribution is -0.133. The number of aliphatic imine (C=N–C) groups is 2. The molecule has 9 nitrogen and oxygen atoms in total. The third-order valence-electron chi connectivity index (χ3n) is 5.54. The van der Waals surface area contributed by atoms with Gasteiger partial charge in [0.2, 0.25) is 5.91 Å². The van der Waals surface area contributed by atoms with Crippen LogP contribution in [0.3, 0.4) is 0 Å². The molecule has 0 radical (unpaired) electrons. The monoisotopic (exact) mass is 601 g/mol. The van der Waals surface area contributed by atoms with E-state index < -0.39 is 24.9 Å². The van der Waals surface area contributed by atoms with E-state index in [2.05, 4.69) is 37.0 Å². The maximum Gasteiger partial charge on any atom is 0.345 e. The lowest BCUT2D eigenvalue weighted by Crippen LogP contribution is -2.36. The van der Waals surface area contributed by atoms with Gasteiger partial charge >= 0.3 is 6.61 Å². The van der Waals surface area contributed by atoms with Crippen molar-refractivity contribution >= 4 is 59.2 Å². The van der Waals surface area contributed by atoms with Crippen molar-refractivity contribution in [1.82, 2.24) is 4.90 Å². The number of carbonyl (C=O) groups excluding carboxylic acids is 1. The highest BCUT2D eigenvalue weighted by molar-refractivity contribution is 6.42. The normalized spacial score (nSPS) is 14.2. The zero-order valence-electron chi connectivity index (χ0n) is 21.3. The number of amides is 1. The molecule has 0 bridgehead atoms. The van der Waals surface area contributed by atoms with Gasteiger partial charge in [-0.15, -0.1) is 0 Å². The topological polar surface area (TPSA) is 96.8 Å². The number of alkyl halides is 2. The van der Waals surface area contributed by atoms with Gasteiger partial charge in [0.1, 0.15) is 18.7 Å². The zero-order chi connectivity index (χ0) is 28.9. The fourth-order valence-corrected chi connectivity index (χ4v) is 3.92. The van der Waals surface area contributed by atoms with Crippen molar-refractivity contribution in [2.24, 2.45) is 9.98 Å². The van der Waals surface area contributed by atoms with Crippen LogP contribution in [0.5, 0.6) is 5.75 Å². The molecule has 2 aromatic carbocycles. The number of nitrogens with one attached hydrogen (secondary N) is 2. The summed E-state index contributed by atoms with van der Waals surface area (Å²) in [7, 11) is 0. The lowest BCUT2D eigenvalue weighted by Gasteiger charge is -2.25. The van der Waals surface area contributed by atoms with E-state index in [1.807, 2.05) is 0 Å². The minimum Gasteiger partial charge on any atom is -0.489 e. The average molecular weight is 602 g/mol. The Morgan fingerprint density at radius 3 is 2.70 bits per heavy atom. The minimum absolute atomic E-state index is 0.0449. The molecule has 1 aliphatic rings. The molecule has 1 saturated heterocycles. The van der Waals surface area contributed by atoms with Crippen molar-refractivity contribution in [3.05, 3.63) is 57.8 Å². The van der Waals surface area contributed by atoms with Gasteiger partial charge in [0.25, 0.3) is 0 Å². The average Bonchev–Trinajstić information content (AvgIpc) is 2.94. The predicted molar refractivity (Wildman–Crippen MR) is 150 cm³/mol. The fourth-order valence-electron chi connectivity index (χ4n) is 3.60. The number of nitrogens with zero attached hydrogens (tertiary/aromatic N) is 3. The van der Waals surface area contributed by atoms with E-state index in [0.29, 0.717) is 31.0 Å². The molecule has 14 heteroatoms. The first-order valence-corrected chi connectivity index (χ1v) is 12.9. The molecule has 3 rings (SSSR count). The van der Waals surface area contributed by atoms with E-state index in [9.17, 15) is 18.0 Å². The van der Waals surface area contributed by atoms with Crippen LogP contribution in [0.2, 0.25) is 10.0 Å². The van der Waals surface area contributed by atoms with Crippen molar-refractivity contribution in [3.8, 4) is 5.75 Å². The minimum atomic E-state index is -2.95. The standard InChI is InChI=1S/C26H28Cl2F3N5O4/c1-32-16-34-20-14-22(39-11-12-40-26(30)31)21(35-23(37)3-2-6-36-7-9-38-10-8-36)13-17(20)15-33-19-5-4-18(27)24(28)25(19)29/h2-5,13-14,16,26,33H,1,6-12,15H2,(H,35,37)/b3-2+,34-16?. The Hall–Kier alpha value is -3.16. The molecule has 1 heterocycles. The van der Waals surface area contributed by atoms with Crippen molar-refractivity contribution < 1.29 is 32.2 Å². The van der Waals surface area contributed by atoms with Crippen LogP contribution >= 0.6 is 23.2 Å².